The fourth-order valence-corrected chi connectivity index (χ4v) is 1.40. The summed E-state index contributed by atoms with van der Waals surface area (Å²) in [6.07, 6.45) is 0.435. The van der Waals surface area contributed by atoms with E-state index in [4.69, 9.17) is 5.73 Å². The summed E-state index contributed by atoms with van der Waals surface area (Å²) in [5, 5.41) is 0. The van der Waals surface area contributed by atoms with Crippen molar-refractivity contribution < 1.29 is 4.79 Å². The fourth-order valence-electron chi connectivity index (χ4n) is 1.40. The van der Waals surface area contributed by atoms with E-state index in [1.165, 1.54) is 0 Å². The van der Waals surface area contributed by atoms with E-state index in [-0.39, 0.29) is 5.78 Å². The zero-order chi connectivity index (χ0) is 10.0. The lowest BCUT2D eigenvalue weighted by molar-refractivity contribution is 0.0985. The molecule has 0 spiro atoms. The van der Waals surface area contributed by atoms with Gasteiger partial charge >= 0.3 is 0 Å². The highest BCUT2D eigenvalue weighted by molar-refractivity contribution is 5.97. The van der Waals surface area contributed by atoms with E-state index >= 15 is 0 Å². The number of hydrogen-bond acceptors (Lipinski definition) is 2. The monoisotopic (exact) mass is 180 g/mol. The molecule has 0 amide bonds. The van der Waals surface area contributed by atoms with Crippen LogP contribution in [0.2, 0.25) is 0 Å². The van der Waals surface area contributed by atoms with Crippen LogP contribution in [0.4, 0.5) is 0 Å². The first-order valence-electron chi connectivity index (χ1n) is 4.44. The van der Waals surface area contributed by atoms with Crippen LogP contribution in [0, 0.1) is 13.8 Å². The minimum Gasteiger partial charge on any atom is -0.351 e. The first kappa shape index (κ1) is 9.99. The number of Topliss-reactive ketones (excluding diaryl/α,β-unsaturated/α-hetero) is 1. The van der Waals surface area contributed by atoms with Crippen LogP contribution in [-0.4, -0.2) is 16.9 Å². The van der Waals surface area contributed by atoms with E-state index in [0.717, 1.165) is 17.0 Å². The molecule has 0 aromatic carbocycles. The van der Waals surface area contributed by atoms with Gasteiger partial charge in [-0.2, -0.15) is 0 Å². The summed E-state index contributed by atoms with van der Waals surface area (Å²) < 4.78 is 2.02. The lowest BCUT2D eigenvalue weighted by Gasteiger charge is -2.00. The second kappa shape index (κ2) is 3.75. The lowest BCUT2D eigenvalue weighted by atomic mass is 10.1. The molecule has 0 aliphatic carbocycles. The highest BCUT2D eigenvalue weighted by atomic mass is 16.1. The third-order valence-electron chi connectivity index (χ3n) is 2.45. The van der Waals surface area contributed by atoms with Crippen LogP contribution in [0.5, 0.6) is 0 Å². The van der Waals surface area contributed by atoms with Gasteiger partial charge in [-0.15, -0.1) is 0 Å². The van der Waals surface area contributed by atoms with E-state index in [1.54, 1.807) is 0 Å². The summed E-state index contributed by atoms with van der Waals surface area (Å²) in [7, 11) is 1.96. The molecule has 1 aromatic heterocycles. The first-order valence-corrected chi connectivity index (χ1v) is 4.44. The minimum atomic E-state index is 0.142. The molecule has 2 N–H and O–H groups in total. The Morgan fingerprint density at radius 3 is 2.54 bits per heavy atom. The Morgan fingerprint density at radius 1 is 1.54 bits per heavy atom. The maximum atomic E-state index is 11.5. The number of carbonyl (C=O) groups excluding carboxylic acids is 1. The Balaban J connectivity index is 3.01. The van der Waals surface area contributed by atoms with Gasteiger partial charge in [0.25, 0.3) is 0 Å². The largest absolute Gasteiger partial charge is 0.351 e. The van der Waals surface area contributed by atoms with Crippen LogP contribution >= 0.6 is 0 Å². The van der Waals surface area contributed by atoms with Gasteiger partial charge in [0.05, 0.1) is 0 Å². The van der Waals surface area contributed by atoms with Crippen LogP contribution < -0.4 is 5.73 Å². The quantitative estimate of drug-likeness (QED) is 0.710. The maximum Gasteiger partial charge on any atom is 0.165 e. The Labute approximate surface area is 78.5 Å². The van der Waals surface area contributed by atoms with Gasteiger partial charge < -0.3 is 10.3 Å². The Hall–Kier alpha value is -1.09. The van der Waals surface area contributed by atoms with Crippen molar-refractivity contribution >= 4 is 5.78 Å². The normalized spacial score (nSPS) is 10.5. The van der Waals surface area contributed by atoms with Gasteiger partial charge in [0.1, 0.15) is 0 Å². The average Bonchev–Trinajstić information content (AvgIpc) is 2.33. The summed E-state index contributed by atoms with van der Waals surface area (Å²) >= 11 is 0. The molecule has 0 aliphatic rings. The number of aryl methyl sites for hydroxylation is 1. The van der Waals surface area contributed by atoms with E-state index in [9.17, 15) is 4.79 Å². The first-order chi connectivity index (χ1) is 6.07. The standard InChI is InChI=1S/C10H16N2O/c1-7-6-9(8(2)12(7)3)10(13)4-5-11/h6H,4-5,11H2,1-3H3. The van der Waals surface area contributed by atoms with Gasteiger partial charge in [-0.25, -0.2) is 0 Å². The summed E-state index contributed by atoms with van der Waals surface area (Å²) in [5.74, 6) is 0.142. The number of hydrogen-bond donors (Lipinski definition) is 1. The highest BCUT2D eigenvalue weighted by Gasteiger charge is 2.12. The van der Waals surface area contributed by atoms with Crippen molar-refractivity contribution in [3.05, 3.63) is 23.0 Å². The smallest absolute Gasteiger partial charge is 0.165 e. The average molecular weight is 180 g/mol. The van der Waals surface area contributed by atoms with Crippen LogP contribution in [-0.2, 0) is 7.05 Å². The molecular formula is C10H16N2O. The van der Waals surface area contributed by atoms with Gasteiger partial charge in [0.2, 0.25) is 0 Å². The molecule has 72 valence electrons. The molecule has 0 atom stereocenters. The fraction of sp³-hybridized carbons (Fsp3) is 0.500. The molecule has 13 heavy (non-hydrogen) atoms. The third-order valence-corrected chi connectivity index (χ3v) is 2.45. The van der Waals surface area contributed by atoms with Crippen molar-refractivity contribution in [2.75, 3.05) is 6.54 Å². The van der Waals surface area contributed by atoms with Crippen LogP contribution in [0.15, 0.2) is 6.07 Å². The molecule has 0 radical (unpaired) electrons. The van der Waals surface area contributed by atoms with E-state index in [0.29, 0.717) is 13.0 Å². The van der Waals surface area contributed by atoms with Crippen LogP contribution in [0.3, 0.4) is 0 Å². The number of nitrogens with zero attached hydrogens (tertiary/aromatic N) is 1. The number of rotatable bonds is 3. The lowest BCUT2D eigenvalue weighted by Crippen LogP contribution is -2.08. The highest BCUT2D eigenvalue weighted by Crippen LogP contribution is 2.14. The van der Waals surface area contributed by atoms with Crippen molar-refractivity contribution in [3.8, 4) is 0 Å². The predicted octanol–water partition coefficient (Wildman–Crippen LogP) is 1.17. The van der Waals surface area contributed by atoms with Crippen LogP contribution in [0.1, 0.15) is 28.2 Å². The molecule has 3 heteroatoms. The topological polar surface area (TPSA) is 48.0 Å². The third kappa shape index (κ3) is 1.80. The summed E-state index contributed by atoms with van der Waals surface area (Å²) in [4.78, 5) is 11.5. The zero-order valence-corrected chi connectivity index (χ0v) is 8.42. The molecule has 0 aliphatic heterocycles. The van der Waals surface area contributed by atoms with Gasteiger partial charge in [0.15, 0.2) is 5.78 Å². The van der Waals surface area contributed by atoms with Gasteiger partial charge in [-0.1, -0.05) is 0 Å². The molecule has 1 aromatic rings. The summed E-state index contributed by atoms with van der Waals surface area (Å²) in [6, 6.07) is 1.92. The Kier molecular flexibility index (Phi) is 2.88. The molecule has 0 unspecified atom stereocenters. The molecule has 0 saturated heterocycles. The van der Waals surface area contributed by atoms with Crippen molar-refractivity contribution in [2.45, 2.75) is 20.3 Å². The van der Waals surface area contributed by atoms with E-state index < -0.39 is 0 Å². The SMILES string of the molecule is Cc1cc(C(=O)CCN)c(C)n1C. The number of carbonyl (C=O) groups is 1. The number of aromatic nitrogens is 1. The zero-order valence-electron chi connectivity index (χ0n) is 8.42. The van der Waals surface area contributed by atoms with Crippen molar-refractivity contribution in [1.29, 1.82) is 0 Å². The second-order valence-corrected chi connectivity index (χ2v) is 3.31. The van der Waals surface area contributed by atoms with Crippen LogP contribution in [0.25, 0.3) is 0 Å². The summed E-state index contributed by atoms with van der Waals surface area (Å²) in [6.45, 7) is 4.37. The van der Waals surface area contributed by atoms with E-state index in [1.807, 2.05) is 31.5 Å². The summed E-state index contributed by atoms with van der Waals surface area (Å²) in [5.41, 5.74) is 8.28. The predicted molar refractivity (Wildman–Crippen MR) is 52.9 cm³/mol. The van der Waals surface area contributed by atoms with Gasteiger partial charge in [0, 0.05) is 30.4 Å². The number of nitrogens with two attached hydrogens (primary N) is 1. The number of ketones is 1. The molecular weight excluding hydrogens is 164 g/mol. The molecule has 0 fully saturated rings. The Morgan fingerprint density at radius 2 is 2.15 bits per heavy atom. The maximum absolute atomic E-state index is 11.5. The van der Waals surface area contributed by atoms with Crippen molar-refractivity contribution in [1.82, 2.24) is 4.57 Å². The minimum absolute atomic E-state index is 0.142. The molecule has 3 nitrogen and oxygen atoms in total. The van der Waals surface area contributed by atoms with E-state index in [2.05, 4.69) is 0 Å². The van der Waals surface area contributed by atoms with Gasteiger partial charge in [-0.3, -0.25) is 4.79 Å². The Bertz CT molecular complexity index is 326. The molecule has 1 rings (SSSR count). The van der Waals surface area contributed by atoms with Gasteiger partial charge in [-0.05, 0) is 26.5 Å². The second-order valence-electron chi connectivity index (χ2n) is 3.31. The molecule has 1 heterocycles. The molecule has 0 saturated carbocycles. The molecule has 0 bridgehead atoms. The van der Waals surface area contributed by atoms with Crippen molar-refractivity contribution in [3.63, 3.8) is 0 Å². The van der Waals surface area contributed by atoms with Crippen molar-refractivity contribution in [2.24, 2.45) is 12.8 Å².